The molecule has 3 aromatic rings. The second-order valence-electron chi connectivity index (χ2n) is 8.58. The predicted octanol–water partition coefficient (Wildman–Crippen LogP) is 6.91. The second-order valence-corrected chi connectivity index (χ2v) is 8.58. The molecule has 4 atom stereocenters. The van der Waals surface area contributed by atoms with Crippen molar-refractivity contribution in [1.82, 2.24) is 9.97 Å². The molecule has 1 aliphatic rings. The predicted molar refractivity (Wildman–Crippen MR) is 115 cm³/mol. The van der Waals surface area contributed by atoms with Crippen LogP contribution in [0.25, 0.3) is 0 Å². The van der Waals surface area contributed by atoms with Crippen LogP contribution >= 0.6 is 0 Å². The first-order chi connectivity index (χ1) is 16.5. The van der Waals surface area contributed by atoms with Gasteiger partial charge in [0.2, 0.25) is 0 Å². The van der Waals surface area contributed by atoms with Crippen LogP contribution in [0.3, 0.4) is 0 Å². The Morgan fingerprint density at radius 3 is 2.26 bits per heavy atom. The van der Waals surface area contributed by atoms with E-state index in [2.05, 4.69) is 9.97 Å². The number of imidazole rings is 1. The van der Waals surface area contributed by atoms with Crippen molar-refractivity contribution in [1.29, 1.82) is 0 Å². The number of aromatic amines is 1. The van der Waals surface area contributed by atoms with E-state index in [1.807, 2.05) is 30.3 Å². The number of aromatic nitrogens is 2. The lowest BCUT2D eigenvalue weighted by molar-refractivity contribution is -0.209. The molecule has 1 fully saturated rings. The van der Waals surface area contributed by atoms with E-state index in [4.69, 9.17) is 9.47 Å². The van der Waals surface area contributed by atoms with Crippen molar-refractivity contribution in [2.24, 2.45) is 5.92 Å². The highest BCUT2D eigenvalue weighted by molar-refractivity contribution is 5.35. The van der Waals surface area contributed by atoms with Gasteiger partial charge in [-0.05, 0) is 48.6 Å². The molecule has 2 aromatic carbocycles. The van der Waals surface area contributed by atoms with Crippen molar-refractivity contribution in [3.8, 4) is 0 Å². The first-order valence-electron chi connectivity index (χ1n) is 11.1. The molecule has 188 valence electrons. The number of hydrogen-bond acceptors (Lipinski definition) is 3. The highest BCUT2D eigenvalue weighted by atomic mass is 19.4. The maximum Gasteiger partial charge on any atom is 0.416 e. The van der Waals surface area contributed by atoms with Crippen molar-refractivity contribution in [2.75, 3.05) is 6.61 Å². The number of halogens is 6. The molecular weight excluding hydrogens is 474 g/mol. The molecule has 1 N–H and O–H groups in total. The Labute approximate surface area is 198 Å². The van der Waals surface area contributed by atoms with Gasteiger partial charge in [0.1, 0.15) is 5.82 Å². The number of nitrogens with zero attached hydrogens (tertiary/aromatic N) is 1. The summed E-state index contributed by atoms with van der Waals surface area (Å²) >= 11 is 0. The maximum absolute atomic E-state index is 13.3. The lowest BCUT2D eigenvalue weighted by Crippen LogP contribution is -2.38. The minimum absolute atomic E-state index is 0.0294. The van der Waals surface area contributed by atoms with Crippen LogP contribution in [0, 0.1) is 5.92 Å². The van der Waals surface area contributed by atoms with E-state index < -0.39 is 35.9 Å². The third-order valence-electron chi connectivity index (χ3n) is 6.18. The number of benzene rings is 2. The van der Waals surface area contributed by atoms with Crippen molar-refractivity contribution < 1.29 is 35.8 Å². The lowest BCUT2D eigenvalue weighted by Gasteiger charge is -2.39. The van der Waals surface area contributed by atoms with E-state index in [1.54, 1.807) is 12.4 Å². The van der Waals surface area contributed by atoms with Gasteiger partial charge in [-0.15, -0.1) is 0 Å². The van der Waals surface area contributed by atoms with Gasteiger partial charge in [0, 0.05) is 24.7 Å². The van der Waals surface area contributed by atoms with Crippen LogP contribution in [0.1, 0.15) is 53.4 Å². The van der Waals surface area contributed by atoms with E-state index in [9.17, 15) is 26.3 Å². The molecule has 2 heterocycles. The number of alkyl halides is 6. The normalized spacial score (nSPS) is 22.2. The molecule has 4 nitrogen and oxygen atoms in total. The number of nitrogens with one attached hydrogen (secondary N) is 1. The van der Waals surface area contributed by atoms with Gasteiger partial charge in [-0.3, -0.25) is 0 Å². The van der Waals surface area contributed by atoms with Crippen molar-refractivity contribution in [3.05, 3.63) is 89.0 Å². The Hall–Kier alpha value is -2.85. The van der Waals surface area contributed by atoms with Crippen LogP contribution in [0.5, 0.6) is 0 Å². The summed E-state index contributed by atoms with van der Waals surface area (Å²) in [6.07, 6.45) is -7.18. The number of ether oxygens (including phenoxy) is 2. The van der Waals surface area contributed by atoms with E-state index in [0.29, 0.717) is 31.6 Å². The van der Waals surface area contributed by atoms with Crippen LogP contribution in [0.2, 0.25) is 0 Å². The van der Waals surface area contributed by atoms with Crippen molar-refractivity contribution in [2.45, 2.75) is 50.4 Å². The zero-order valence-corrected chi connectivity index (χ0v) is 18.7. The fourth-order valence-electron chi connectivity index (χ4n) is 4.45. The number of hydrogen-bond donors (Lipinski definition) is 1. The molecule has 0 saturated carbocycles. The summed E-state index contributed by atoms with van der Waals surface area (Å²) in [7, 11) is 0. The largest absolute Gasteiger partial charge is 0.416 e. The molecular formula is C25H24F6N2O2. The maximum atomic E-state index is 13.3. The number of rotatable bonds is 6. The molecule has 0 radical (unpaired) electrons. The van der Waals surface area contributed by atoms with Gasteiger partial charge in [0.25, 0.3) is 0 Å². The smallest absolute Gasteiger partial charge is 0.352 e. The third-order valence-corrected chi connectivity index (χ3v) is 6.18. The van der Waals surface area contributed by atoms with Crippen LogP contribution in [-0.2, 0) is 28.2 Å². The minimum atomic E-state index is -4.93. The zero-order chi connectivity index (χ0) is 25.2. The highest BCUT2D eigenvalue weighted by Gasteiger charge is 2.40. The van der Waals surface area contributed by atoms with E-state index in [-0.39, 0.29) is 23.5 Å². The molecule has 10 heteroatoms. The van der Waals surface area contributed by atoms with E-state index in [0.717, 1.165) is 11.4 Å². The van der Waals surface area contributed by atoms with Gasteiger partial charge in [-0.2, -0.15) is 26.3 Å². The van der Waals surface area contributed by atoms with Crippen LogP contribution < -0.4 is 0 Å². The van der Waals surface area contributed by atoms with Gasteiger partial charge < -0.3 is 14.5 Å². The Morgan fingerprint density at radius 2 is 1.69 bits per heavy atom. The lowest BCUT2D eigenvalue weighted by atomic mass is 9.79. The Balaban J connectivity index is 1.64. The van der Waals surface area contributed by atoms with Crippen molar-refractivity contribution >= 4 is 0 Å². The summed E-state index contributed by atoms with van der Waals surface area (Å²) in [5.41, 5.74) is -2.08. The molecule has 1 saturated heterocycles. The van der Waals surface area contributed by atoms with Crippen molar-refractivity contribution in [3.63, 3.8) is 0 Å². The average Bonchev–Trinajstić information content (AvgIpc) is 3.31. The SMILES string of the molecule is CC(OC1OCC[C@@H](Cc2ncc[nH]2)[C@@H]1c1ccccc1)c1cc(C(F)(F)F)cc(C(F)(F)F)c1. The summed E-state index contributed by atoms with van der Waals surface area (Å²) in [5.74, 6) is 0.504. The van der Waals surface area contributed by atoms with Crippen LogP contribution in [0.15, 0.2) is 60.9 Å². The van der Waals surface area contributed by atoms with Crippen LogP contribution in [-0.4, -0.2) is 22.9 Å². The number of H-pyrrole nitrogens is 1. The quantitative estimate of drug-likeness (QED) is 0.376. The fraction of sp³-hybridized carbons (Fsp3) is 0.400. The van der Waals surface area contributed by atoms with Gasteiger partial charge in [0.05, 0.1) is 23.8 Å². The summed E-state index contributed by atoms with van der Waals surface area (Å²) < 4.78 is 91.9. The summed E-state index contributed by atoms with van der Waals surface area (Å²) in [6, 6.07) is 10.9. The zero-order valence-electron chi connectivity index (χ0n) is 18.7. The van der Waals surface area contributed by atoms with Gasteiger partial charge in [0.15, 0.2) is 6.29 Å². The van der Waals surface area contributed by atoms with Gasteiger partial charge in [-0.25, -0.2) is 4.98 Å². The molecule has 4 rings (SSSR count). The summed E-state index contributed by atoms with van der Waals surface area (Å²) in [4.78, 5) is 7.36. The molecule has 0 amide bonds. The molecule has 35 heavy (non-hydrogen) atoms. The topological polar surface area (TPSA) is 47.1 Å². The molecule has 0 aliphatic carbocycles. The Bertz CT molecular complexity index is 1070. The fourth-order valence-corrected chi connectivity index (χ4v) is 4.45. The minimum Gasteiger partial charge on any atom is -0.352 e. The molecule has 2 unspecified atom stereocenters. The summed E-state index contributed by atoms with van der Waals surface area (Å²) in [6.45, 7) is 1.76. The Morgan fingerprint density at radius 1 is 1.03 bits per heavy atom. The standard InChI is InChI=1S/C25H24F6N2O2/c1-15(18-11-19(24(26,27)28)14-20(12-18)25(29,30)31)35-23-22(16-5-3-2-4-6-16)17(7-10-34-23)13-21-32-8-9-33-21/h2-6,8-9,11-12,14-15,17,22-23H,7,10,13H2,1H3,(H,32,33)/t15?,17-,22-,23?/m0/s1. The van der Waals surface area contributed by atoms with Crippen LogP contribution in [0.4, 0.5) is 26.3 Å². The molecule has 0 bridgehead atoms. The first-order valence-corrected chi connectivity index (χ1v) is 11.1. The Kier molecular flexibility index (Phi) is 7.23. The van der Waals surface area contributed by atoms with E-state index in [1.165, 1.54) is 6.92 Å². The molecule has 1 aliphatic heterocycles. The average molecular weight is 498 g/mol. The van der Waals surface area contributed by atoms with Gasteiger partial charge in [-0.1, -0.05) is 30.3 Å². The molecule has 1 aromatic heterocycles. The second kappa shape index (κ2) is 10.0. The van der Waals surface area contributed by atoms with E-state index >= 15 is 0 Å². The summed E-state index contributed by atoms with van der Waals surface area (Å²) in [5, 5.41) is 0. The molecule has 0 spiro atoms. The van der Waals surface area contributed by atoms with Gasteiger partial charge >= 0.3 is 12.4 Å². The highest BCUT2D eigenvalue weighted by Crippen LogP contribution is 2.42. The monoisotopic (exact) mass is 498 g/mol. The first kappa shape index (κ1) is 25.2. The third kappa shape index (κ3) is 6.05.